The van der Waals surface area contributed by atoms with Crippen molar-refractivity contribution >= 4 is 27.5 Å². The van der Waals surface area contributed by atoms with E-state index in [1.165, 1.54) is 4.31 Å². The monoisotopic (exact) mass is 473 g/mol. The number of hydrogen-bond donors (Lipinski definition) is 2. The van der Waals surface area contributed by atoms with Crippen LogP contribution in [-0.4, -0.2) is 50.3 Å². The normalized spacial score (nSPS) is 16.1. The topological polar surface area (TPSA) is 105 Å². The summed E-state index contributed by atoms with van der Waals surface area (Å²) >= 11 is 0. The molecule has 0 unspecified atom stereocenters. The first kappa shape index (κ1) is 24.7. The molecule has 1 saturated heterocycles. The maximum Gasteiger partial charge on any atom is 0.246 e. The van der Waals surface area contributed by atoms with Crippen LogP contribution in [0.1, 0.15) is 32.3 Å². The Hall–Kier alpha value is -2.91. The van der Waals surface area contributed by atoms with E-state index in [1.54, 1.807) is 55.5 Å². The molecule has 3 rings (SSSR count). The van der Waals surface area contributed by atoms with E-state index < -0.39 is 16.1 Å². The minimum Gasteiger partial charge on any atom is -0.494 e. The zero-order chi connectivity index (χ0) is 24.0. The minimum absolute atomic E-state index is 0.239. The average molecular weight is 474 g/mol. The molecule has 0 spiro atoms. The van der Waals surface area contributed by atoms with Gasteiger partial charge in [0, 0.05) is 24.7 Å². The van der Waals surface area contributed by atoms with Gasteiger partial charge in [0.25, 0.3) is 0 Å². The van der Waals surface area contributed by atoms with Gasteiger partial charge in [0.1, 0.15) is 11.8 Å². The van der Waals surface area contributed by atoms with E-state index in [0.29, 0.717) is 30.9 Å². The number of carbonyl (C=O) groups excluding carboxylic acids is 2. The van der Waals surface area contributed by atoms with E-state index in [4.69, 9.17) is 4.74 Å². The van der Waals surface area contributed by atoms with Gasteiger partial charge in [-0.1, -0.05) is 17.7 Å². The van der Waals surface area contributed by atoms with Crippen molar-refractivity contribution in [3.05, 3.63) is 54.1 Å². The van der Waals surface area contributed by atoms with E-state index in [-0.39, 0.29) is 35.7 Å². The van der Waals surface area contributed by atoms with Crippen molar-refractivity contribution in [3.8, 4) is 5.75 Å². The fraction of sp³-hybridized carbons (Fsp3) is 0.417. The second-order valence-corrected chi connectivity index (χ2v) is 10.1. The molecule has 2 aromatic carbocycles. The summed E-state index contributed by atoms with van der Waals surface area (Å²) < 4.78 is 32.5. The zero-order valence-electron chi connectivity index (χ0n) is 19.2. The summed E-state index contributed by atoms with van der Waals surface area (Å²) in [4.78, 5) is 25.4. The van der Waals surface area contributed by atoms with Crippen LogP contribution >= 0.6 is 0 Å². The number of aryl methyl sites for hydroxylation is 1. The summed E-state index contributed by atoms with van der Waals surface area (Å²) in [6, 6.07) is 13.0. The fourth-order valence-corrected chi connectivity index (χ4v) is 5.14. The molecule has 2 N–H and O–H groups in total. The van der Waals surface area contributed by atoms with Gasteiger partial charge in [-0.05, 0) is 70.0 Å². The molecule has 0 aliphatic carbocycles. The lowest BCUT2D eigenvalue weighted by Crippen LogP contribution is -2.47. The number of carbonyl (C=O) groups is 2. The Labute approximate surface area is 195 Å². The predicted octanol–water partition coefficient (Wildman–Crippen LogP) is 2.94. The van der Waals surface area contributed by atoms with Crippen molar-refractivity contribution in [2.45, 2.75) is 44.6 Å². The molecule has 9 heteroatoms. The Balaban J connectivity index is 1.50. The van der Waals surface area contributed by atoms with Crippen molar-refractivity contribution in [2.75, 3.05) is 25.0 Å². The molecule has 0 saturated carbocycles. The number of ether oxygens (including phenoxy) is 1. The molecule has 2 aromatic rings. The van der Waals surface area contributed by atoms with Crippen LogP contribution in [0.2, 0.25) is 0 Å². The van der Waals surface area contributed by atoms with Crippen molar-refractivity contribution < 1.29 is 22.7 Å². The van der Waals surface area contributed by atoms with Crippen LogP contribution in [0.3, 0.4) is 0 Å². The minimum atomic E-state index is -3.58. The van der Waals surface area contributed by atoms with Gasteiger partial charge in [0.05, 0.1) is 11.5 Å². The Kier molecular flexibility index (Phi) is 8.10. The molecular weight excluding hydrogens is 442 g/mol. The maximum atomic E-state index is 12.8. The van der Waals surface area contributed by atoms with Gasteiger partial charge in [-0.15, -0.1) is 0 Å². The molecule has 0 radical (unpaired) electrons. The summed E-state index contributed by atoms with van der Waals surface area (Å²) in [6.07, 6.45) is 0.814. The second-order valence-electron chi connectivity index (χ2n) is 8.17. The molecule has 0 aromatic heterocycles. The second kappa shape index (κ2) is 10.8. The first-order valence-corrected chi connectivity index (χ1v) is 12.6. The summed E-state index contributed by atoms with van der Waals surface area (Å²) in [6.45, 7) is 6.51. The highest BCUT2D eigenvalue weighted by Crippen LogP contribution is 2.24. The van der Waals surface area contributed by atoms with Gasteiger partial charge in [0.2, 0.25) is 21.8 Å². The van der Waals surface area contributed by atoms with E-state index in [0.717, 1.165) is 5.56 Å². The number of rotatable bonds is 8. The van der Waals surface area contributed by atoms with Crippen LogP contribution in [0.25, 0.3) is 0 Å². The number of hydrogen-bond acceptors (Lipinski definition) is 5. The standard InChI is InChI=1S/C24H31N3O5S/c1-4-32-21-9-7-20(8-10-21)26-23(28)18(3)25-24(29)19-13-15-27(16-14-19)33(30,31)22-11-5-17(2)6-12-22/h5-12,18-19H,4,13-16H2,1-3H3,(H,25,29)(H,26,28)/t18-/m0/s1. The molecule has 8 nitrogen and oxygen atoms in total. The van der Waals surface area contributed by atoms with Gasteiger partial charge in [-0.3, -0.25) is 9.59 Å². The maximum absolute atomic E-state index is 12.8. The van der Waals surface area contributed by atoms with Gasteiger partial charge in [0.15, 0.2) is 0 Å². The largest absolute Gasteiger partial charge is 0.494 e. The average Bonchev–Trinajstić information content (AvgIpc) is 2.81. The smallest absolute Gasteiger partial charge is 0.246 e. The summed E-state index contributed by atoms with van der Waals surface area (Å²) in [5.74, 6) is -0.189. The van der Waals surface area contributed by atoms with E-state index in [9.17, 15) is 18.0 Å². The molecule has 0 bridgehead atoms. The van der Waals surface area contributed by atoms with Crippen LogP contribution in [0, 0.1) is 12.8 Å². The number of benzene rings is 2. The van der Waals surface area contributed by atoms with Crippen LogP contribution in [-0.2, 0) is 19.6 Å². The molecule has 1 atom stereocenters. The lowest BCUT2D eigenvalue weighted by atomic mass is 9.97. The van der Waals surface area contributed by atoms with E-state index in [2.05, 4.69) is 10.6 Å². The molecule has 2 amide bonds. The molecule has 1 heterocycles. The third-order valence-electron chi connectivity index (χ3n) is 5.67. The zero-order valence-corrected chi connectivity index (χ0v) is 20.0. The van der Waals surface area contributed by atoms with Gasteiger partial charge in [-0.2, -0.15) is 4.31 Å². The van der Waals surface area contributed by atoms with Crippen LogP contribution in [0.15, 0.2) is 53.4 Å². The Bertz CT molecular complexity index is 1060. The van der Waals surface area contributed by atoms with Gasteiger partial charge >= 0.3 is 0 Å². The van der Waals surface area contributed by atoms with Crippen LogP contribution in [0.5, 0.6) is 5.75 Å². The van der Waals surface area contributed by atoms with Crippen molar-refractivity contribution in [3.63, 3.8) is 0 Å². The third-order valence-corrected chi connectivity index (χ3v) is 7.58. The number of sulfonamides is 1. The molecule has 1 aliphatic rings. The lowest BCUT2D eigenvalue weighted by molar-refractivity contribution is -0.129. The molecule has 178 valence electrons. The van der Waals surface area contributed by atoms with Crippen LogP contribution < -0.4 is 15.4 Å². The SMILES string of the molecule is CCOc1ccc(NC(=O)[C@H](C)NC(=O)C2CCN(S(=O)(=O)c3ccc(C)cc3)CC2)cc1. The third kappa shape index (κ3) is 6.33. The quantitative estimate of drug-likeness (QED) is 0.613. The highest BCUT2D eigenvalue weighted by molar-refractivity contribution is 7.89. The first-order valence-electron chi connectivity index (χ1n) is 11.1. The summed E-state index contributed by atoms with van der Waals surface area (Å²) in [5.41, 5.74) is 1.60. The number of piperidine rings is 1. The van der Waals surface area contributed by atoms with Gasteiger partial charge in [-0.25, -0.2) is 8.42 Å². The van der Waals surface area contributed by atoms with E-state index in [1.807, 2.05) is 13.8 Å². The first-order chi connectivity index (χ1) is 15.7. The summed E-state index contributed by atoms with van der Waals surface area (Å²) in [5, 5.41) is 5.52. The van der Waals surface area contributed by atoms with Crippen LogP contribution in [0.4, 0.5) is 5.69 Å². The molecular formula is C24H31N3O5S. The number of anilines is 1. The number of amides is 2. The van der Waals surface area contributed by atoms with E-state index >= 15 is 0 Å². The van der Waals surface area contributed by atoms with Gasteiger partial charge < -0.3 is 15.4 Å². The van der Waals surface area contributed by atoms with Crippen molar-refractivity contribution in [1.29, 1.82) is 0 Å². The van der Waals surface area contributed by atoms with Crippen molar-refractivity contribution in [1.82, 2.24) is 9.62 Å². The Morgan fingerprint density at radius 1 is 1.06 bits per heavy atom. The molecule has 33 heavy (non-hydrogen) atoms. The Morgan fingerprint density at radius 3 is 2.24 bits per heavy atom. The predicted molar refractivity (Wildman–Crippen MR) is 127 cm³/mol. The fourth-order valence-electron chi connectivity index (χ4n) is 3.67. The molecule has 1 fully saturated rings. The highest BCUT2D eigenvalue weighted by atomic mass is 32.2. The summed E-state index contributed by atoms with van der Waals surface area (Å²) in [7, 11) is -3.58. The lowest BCUT2D eigenvalue weighted by Gasteiger charge is -2.31. The van der Waals surface area contributed by atoms with Crippen molar-refractivity contribution in [2.24, 2.45) is 5.92 Å². The number of nitrogens with one attached hydrogen (secondary N) is 2. The highest BCUT2D eigenvalue weighted by Gasteiger charge is 2.32. The molecule has 1 aliphatic heterocycles. The Morgan fingerprint density at radius 2 is 1.67 bits per heavy atom. The number of nitrogens with zero attached hydrogens (tertiary/aromatic N) is 1.